The number of nitrogens with zero attached hydrogens (tertiary/aromatic N) is 3. The van der Waals surface area contributed by atoms with E-state index in [1.165, 1.54) is 28.0 Å². The van der Waals surface area contributed by atoms with Crippen LogP contribution in [0.2, 0.25) is 0 Å². The Morgan fingerprint density at radius 3 is 2.59 bits per heavy atom. The van der Waals surface area contributed by atoms with Crippen LogP contribution in [0.25, 0.3) is 10.9 Å². The number of carbonyl (C=O) groups is 1. The van der Waals surface area contributed by atoms with Gasteiger partial charge in [0.05, 0.1) is 5.52 Å². The molecule has 0 saturated carbocycles. The van der Waals surface area contributed by atoms with Crippen LogP contribution in [0.5, 0.6) is 0 Å². The number of rotatable bonds is 12. The Balaban J connectivity index is 1.17. The average molecular weight is 633 g/mol. The summed E-state index contributed by atoms with van der Waals surface area (Å²) < 4.78 is 18.1. The highest BCUT2D eigenvalue weighted by molar-refractivity contribution is 5.92. The fraction of sp³-hybridized carbons (Fsp3) is 0.412. The molecule has 0 radical (unpaired) electrons. The number of carboxylic acids is 1. The molecule has 11 nitrogen and oxygen atoms in total. The number of nitrogens with one attached hydrogen (secondary N) is 2. The predicted octanol–water partition coefficient (Wildman–Crippen LogP) is 4.13. The first-order chi connectivity index (χ1) is 22.0. The van der Waals surface area contributed by atoms with Gasteiger partial charge in [0, 0.05) is 54.6 Å². The van der Waals surface area contributed by atoms with E-state index in [2.05, 4.69) is 22.1 Å². The summed E-state index contributed by atoms with van der Waals surface area (Å²) >= 11 is 0. The minimum Gasteiger partial charge on any atom is -0.477 e. The Kier molecular flexibility index (Phi) is 9.88. The maximum Gasteiger partial charge on any atom is 0.341 e. The summed E-state index contributed by atoms with van der Waals surface area (Å²) in [6.45, 7) is 8.84. The van der Waals surface area contributed by atoms with E-state index in [0.29, 0.717) is 43.0 Å². The van der Waals surface area contributed by atoms with Gasteiger partial charge >= 0.3 is 11.7 Å². The lowest BCUT2D eigenvalue weighted by atomic mass is 9.91. The second kappa shape index (κ2) is 13.8. The fourth-order valence-electron chi connectivity index (χ4n) is 6.40. The molecule has 0 bridgehead atoms. The number of nitrogens with two attached hydrogens (primary N) is 1. The van der Waals surface area contributed by atoms with E-state index < -0.39 is 34.5 Å². The van der Waals surface area contributed by atoms with Gasteiger partial charge in [0.25, 0.3) is 5.56 Å². The zero-order valence-corrected chi connectivity index (χ0v) is 26.4. The molecule has 5 N–H and O–H groups in total. The van der Waals surface area contributed by atoms with Crippen molar-refractivity contribution in [1.29, 1.82) is 0 Å². The summed E-state index contributed by atoms with van der Waals surface area (Å²) in [7, 11) is 0. The number of aryl methyl sites for hydroxylation is 3. The van der Waals surface area contributed by atoms with E-state index >= 15 is 4.39 Å². The average Bonchev–Trinajstić information content (AvgIpc) is 3.50. The van der Waals surface area contributed by atoms with Crippen LogP contribution in [-0.4, -0.2) is 49.7 Å². The lowest BCUT2D eigenvalue weighted by molar-refractivity contribution is 0.0695. The highest BCUT2D eigenvalue weighted by atomic mass is 19.1. The Morgan fingerprint density at radius 2 is 1.89 bits per heavy atom. The molecule has 1 fully saturated rings. The van der Waals surface area contributed by atoms with Crippen molar-refractivity contribution >= 4 is 28.4 Å². The highest BCUT2D eigenvalue weighted by Crippen LogP contribution is 2.32. The number of fused-ring (bicyclic) bond motifs is 1. The molecule has 3 heterocycles. The van der Waals surface area contributed by atoms with Crippen molar-refractivity contribution < 1.29 is 14.3 Å². The number of aromatic amines is 1. The number of anilines is 2. The Hall–Kier alpha value is -4.55. The van der Waals surface area contributed by atoms with Crippen LogP contribution in [0.1, 0.15) is 66.2 Å². The third-order valence-electron chi connectivity index (χ3n) is 9.08. The number of benzene rings is 2. The zero-order valence-electron chi connectivity index (χ0n) is 26.4. The molecule has 0 aliphatic carbocycles. The molecule has 2 aromatic carbocycles. The Morgan fingerprint density at radius 1 is 1.13 bits per heavy atom. The van der Waals surface area contributed by atoms with Crippen molar-refractivity contribution in [2.45, 2.75) is 65.6 Å². The van der Waals surface area contributed by atoms with Crippen molar-refractivity contribution in [1.82, 2.24) is 19.0 Å². The molecule has 1 aliphatic rings. The number of H-pyrrole nitrogens is 1. The molecule has 1 aliphatic heterocycles. The quantitative estimate of drug-likeness (QED) is 0.170. The van der Waals surface area contributed by atoms with Gasteiger partial charge in [0.1, 0.15) is 17.2 Å². The summed E-state index contributed by atoms with van der Waals surface area (Å²) in [4.78, 5) is 54.7. The molecule has 0 spiro atoms. The monoisotopic (exact) mass is 632 g/mol. The Bertz CT molecular complexity index is 1920. The molecular formula is C34H41FN6O5. The van der Waals surface area contributed by atoms with Gasteiger partial charge in [0.2, 0.25) is 5.43 Å². The first-order valence-corrected chi connectivity index (χ1v) is 15.8. The van der Waals surface area contributed by atoms with E-state index in [0.717, 1.165) is 44.1 Å². The Labute approximate surface area is 265 Å². The molecule has 46 heavy (non-hydrogen) atoms. The molecule has 0 amide bonds. The number of aromatic nitrogens is 3. The van der Waals surface area contributed by atoms with E-state index in [4.69, 9.17) is 5.73 Å². The van der Waals surface area contributed by atoms with Gasteiger partial charge in [0.15, 0.2) is 0 Å². The largest absolute Gasteiger partial charge is 0.477 e. The number of likely N-dealkylation sites (tertiary alicyclic amines) is 1. The highest BCUT2D eigenvalue weighted by Gasteiger charge is 2.30. The van der Waals surface area contributed by atoms with Crippen LogP contribution in [-0.2, 0) is 19.5 Å². The zero-order chi connectivity index (χ0) is 33.1. The van der Waals surface area contributed by atoms with E-state index in [9.17, 15) is 24.3 Å². The maximum atomic E-state index is 15.3. The standard InChI is InChI=1S/C34H41FN6O5/c1-4-21-14-23(9-8-20(21)3)37-29-17-30(42)41(34(46)38-29)12-7-6-11-39-13-10-22(18-39)31(36)24-16-28-25(15-27(24)35)32(43)26(33(44)45)19-40(28)5-2/h8-9,14-17,19,22,31,37H,4-7,10-13,18,36H2,1-3H3,(H,38,46)(H,44,45). The van der Waals surface area contributed by atoms with Gasteiger partial charge in [-0.25, -0.2) is 14.0 Å². The minimum atomic E-state index is -1.35. The number of aromatic carboxylic acids is 1. The van der Waals surface area contributed by atoms with E-state index in [1.807, 2.05) is 32.0 Å². The molecule has 244 valence electrons. The number of unbranched alkanes of at least 4 members (excludes halogenated alkanes) is 1. The molecule has 12 heteroatoms. The molecule has 5 rings (SSSR count). The van der Waals surface area contributed by atoms with Crippen LogP contribution in [0.3, 0.4) is 0 Å². The molecule has 2 unspecified atom stereocenters. The summed E-state index contributed by atoms with van der Waals surface area (Å²) in [5.41, 5.74) is 8.56. The topological polar surface area (TPSA) is 155 Å². The summed E-state index contributed by atoms with van der Waals surface area (Å²) in [6, 6.07) is 9.40. The third kappa shape index (κ3) is 6.82. The second-order valence-corrected chi connectivity index (χ2v) is 12.0. The van der Waals surface area contributed by atoms with Crippen molar-refractivity contribution in [3.05, 3.63) is 102 Å². The first kappa shape index (κ1) is 32.8. The summed E-state index contributed by atoms with van der Waals surface area (Å²) in [5.74, 6) is -1.64. The third-order valence-corrected chi connectivity index (χ3v) is 9.08. The predicted molar refractivity (Wildman–Crippen MR) is 177 cm³/mol. The van der Waals surface area contributed by atoms with Gasteiger partial charge in [-0.2, -0.15) is 0 Å². The minimum absolute atomic E-state index is 0.0144. The van der Waals surface area contributed by atoms with Crippen molar-refractivity contribution in [2.24, 2.45) is 11.7 Å². The number of carboxylic acid groups (broad SMARTS) is 1. The first-order valence-electron chi connectivity index (χ1n) is 15.8. The molecule has 2 atom stereocenters. The van der Waals surface area contributed by atoms with Gasteiger partial charge < -0.3 is 25.6 Å². The molecule has 1 saturated heterocycles. The smallest absolute Gasteiger partial charge is 0.341 e. The number of halogens is 1. The number of hydrogen-bond acceptors (Lipinski definition) is 7. The van der Waals surface area contributed by atoms with Gasteiger partial charge in [-0.15, -0.1) is 0 Å². The fourth-order valence-corrected chi connectivity index (χ4v) is 6.40. The normalized spacial score (nSPS) is 15.8. The van der Waals surface area contributed by atoms with Gasteiger partial charge in [-0.1, -0.05) is 13.0 Å². The van der Waals surface area contributed by atoms with Crippen molar-refractivity contribution in [2.75, 3.05) is 25.0 Å². The summed E-state index contributed by atoms with van der Waals surface area (Å²) in [5, 5.41) is 12.5. The van der Waals surface area contributed by atoms with E-state index in [-0.39, 0.29) is 16.9 Å². The molecular weight excluding hydrogens is 591 g/mol. The second-order valence-electron chi connectivity index (χ2n) is 12.0. The van der Waals surface area contributed by atoms with Crippen LogP contribution < -0.4 is 27.7 Å². The summed E-state index contributed by atoms with van der Waals surface area (Å²) in [6.07, 6.45) is 4.33. The lowest BCUT2D eigenvalue weighted by Crippen LogP contribution is -2.35. The molecule has 4 aromatic rings. The van der Waals surface area contributed by atoms with Crippen LogP contribution in [0.4, 0.5) is 15.9 Å². The lowest BCUT2D eigenvalue weighted by Gasteiger charge is -2.22. The van der Waals surface area contributed by atoms with Crippen molar-refractivity contribution in [3.63, 3.8) is 0 Å². The van der Waals surface area contributed by atoms with Crippen molar-refractivity contribution in [3.8, 4) is 0 Å². The molecule has 2 aromatic heterocycles. The number of hydrogen-bond donors (Lipinski definition) is 4. The number of pyridine rings is 1. The van der Waals surface area contributed by atoms with Gasteiger partial charge in [-0.3, -0.25) is 19.1 Å². The van der Waals surface area contributed by atoms with E-state index in [1.54, 1.807) is 10.6 Å². The van der Waals surface area contributed by atoms with Crippen LogP contribution >= 0.6 is 0 Å². The van der Waals surface area contributed by atoms with Crippen LogP contribution in [0.15, 0.2) is 57.0 Å². The van der Waals surface area contributed by atoms with Gasteiger partial charge in [-0.05, 0) is 93.9 Å². The SMILES string of the molecule is CCc1cc(Nc2cc(=O)n(CCCCN3CCC(C(N)c4cc5c(cc4F)c(=O)c(C(=O)O)cn5CC)C3)c(=O)[nH]2)ccc1C. The van der Waals surface area contributed by atoms with Crippen LogP contribution in [0, 0.1) is 18.7 Å². The maximum absolute atomic E-state index is 15.3.